The van der Waals surface area contributed by atoms with Crippen molar-refractivity contribution < 1.29 is 14.7 Å². The van der Waals surface area contributed by atoms with Crippen molar-refractivity contribution in [2.45, 2.75) is 62.9 Å². The Hall–Kier alpha value is -3.32. The molecule has 1 fully saturated rings. The first-order valence-corrected chi connectivity index (χ1v) is 12.4. The number of phenols is 1. The summed E-state index contributed by atoms with van der Waals surface area (Å²) in [6.45, 7) is 4.54. The smallest absolute Gasteiger partial charge is 0.245 e. The Morgan fingerprint density at radius 1 is 1.14 bits per heavy atom. The minimum Gasteiger partial charge on any atom is -0.508 e. The van der Waals surface area contributed by atoms with E-state index in [-0.39, 0.29) is 17.2 Å². The van der Waals surface area contributed by atoms with Gasteiger partial charge in [-0.1, -0.05) is 30.3 Å². The van der Waals surface area contributed by atoms with E-state index in [1.54, 1.807) is 19.9 Å². The molecular weight excluding hydrogens is 440 g/mol. The normalized spacial score (nSPS) is 18.0. The number of carbonyl (C=O) groups excluding carboxylic acids is 2. The predicted octanol–water partition coefficient (Wildman–Crippen LogP) is 3.14. The highest BCUT2D eigenvalue weighted by atomic mass is 16.3. The van der Waals surface area contributed by atoms with Gasteiger partial charge in [0, 0.05) is 36.6 Å². The summed E-state index contributed by atoms with van der Waals surface area (Å²) in [6, 6.07) is 13.1. The van der Waals surface area contributed by atoms with Crippen LogP contribution in [-0.4, -0.2) is 51.5 Å². The fourth-order valence-electron chi connectivity index (χ4n) is 5.79. The lowest BCUT2D eigenvalue weighted by Gasteiger charge is -2.41. The Morgan fingerprint density at radius 2 is 1.89 bits per heavy atom. The second-order valence-corrected chi connectivity index (χ2v) is 10.7. The molecule has 1 aromatic heterocycles. The van der Waals surface area contributed by atoms with E-state index in [1.807, 2.05) is 41.4 Å². The van der Waals surface area contributed by atoms with Crippen LogP contribution in [0.25, 0.3) is 10.9 Å². The minimum atomic E-state index is -1.08. The molecule has 35 heavy (non-hydrogen) atoms. The second kappa shape index (κ2) is 8.72. The average molecular weight is 475 g/mol. The third kappa shape index (κ3) is 4.29. The molecule has 2 aromatic carbocycles. The maximum absolute atomic E-state index is 13.7. The molecule has 5 rings (SSSR count). The summed E-state index contributed by atoms with van der Waals surface area (Å²) in [5, 5.41) is 14.3. The highest BCUT2D eigenvalue weighted by molar-refractivity contribution is 5.92. The van der Waals surface area contributed by atoms with Gasteiger partial charge >= 0.3 is 0 Å². The van der Waals surface area contributed by atoms with Gasteiger partial charge in [-0.05, 0) is 73.8 Å². The van der Waals surface area contributed by atoms with Gasteiger partial charge in [0.25, 0.3) is 0 Å². The van der Waals surface area contributed by atoms with E-state index >= 15 is 0 Å². The molecule has 184 valence electrons. The van der Waals surface area contributed by atoms with Crippen LogP contribution in [-0.2, 0) is 27.8 Å². The van der Waals surface area contributed by atoms with Crippen LogP contribution in [0.4, 0.5) is 0 Å². The van der Waals surface area contributed by atoms with Gasteiger partial charge in [0.2, 0.25) is 11.8 Å². The van der Waals surface area contributed by atoms with Crippen molar-refractivity contribution in [3.05, 3.63) is 65.4 Å². The third-order valence-electron chi connectivity index (χ3n) is 7.90. The summed E-state index contributed by atoms with van der Waals surface area (Å²) in [4.78, 5) is 31.7. The van der Waals surface area contributed by atoms with Crippen LogP contribution >= 0.6 is 0 Å². The number of aromatic hydroxyl groups is 1. The van der Waals surface area contributed by atoms with E-state index in [1.165, 1.54) is 5.56 Å². The van der Waals surface area contributed by atoms with Gasteiger partial charge in [-0.2, -0.15) is 0 Å². The number of hydrogen-bond acceptors (Lipinski definition) is 4. The number of benzene rings is 2. The van der Waals surface area contributed by atoms with Gasteiger partial charge in [0.05, 0.1) is 5.54 Å². The zero-order valence-electron chi connectivity index (χ0n) is 20.4. The van der Waals surface area contributed by atoms with E-state index in [9.17, 15) is 14.7 Å². The zero-order valence-corrected chi connectivity index (χ0v) is 20.4. The summed E-state index contributed by atoms with van der Waals surface area (Å²) in [5.41, 5.74) is 9.26. The number of hydrogen-bond donors (Lipinski definition) is 4. The van der Waals surface area contributed by atoms with E-state index < -0.39 is 11.6 Å². The van der Waals surface area contributed by atoms with Crippen molar-refractivity contribution in [1.82, 2.24) is 15.2 Å². The molecule has 7 heteroatoms. The number of rotatable bonds is 5. The molecule has 0 bridgehead atoms. The van der Waals surface area contributed by atoms with Gasteiger partial charge in [-0.3, -0.25) is 9.59 Å². The molecule has 2 aliphatic rings. The number of nitrogens with two attached hydrogens (primary N) is 1. The number of phenolic OH excluding ortho intramolecular Hbond substituents is 1. The van der Waals surface area contributed by atoms with Gasteiger partial charge in [0.1, 0.15) is 11.8 Å². The Kier molecular flexibility index (Phi) is 5.83. The lowest BCUT2D eigenvalue weighted by Crippen LogP contribution is -2.58. The molecular formula is C28H34N4O3. The average Bonchev–Trinajstić information content (AvgIpc) is 3.41. The topological polar surface area (TPSA) is 111 Å². The summed E-state index contributed by atoms with van der Waals surface area (Å²) in [5.74, 6) is -0.0370. The molecule has 2 heterocycles. The maximum atomic E-state index is 13.7. The Morgan fingerprint density at radius 3 is 2.63 bits per heavy atom. The molecule has 1 spiro atoms. The fourth-order valence-corrected chi connectivity index (χ4v) is 5.79. The Bertz CT molecular complexity index is 1260. The molecule has 1 atom stereocenters. The SMILES string of the molecule is CC(C)(N)C(=O)N[C@H](Cc1c[nH]c2ccccc12)C(=O)N1CCC2(CCc3c(O)cccc32)CC1. The van der Waals surface area contributed by atoms with Crippen molar-refractivity contribution in [2.24, 2.45) is 5.73 Å². The number of piperidine rings is 1. The molecule has 7 nitrogen and oxygen atoms in total. The number of carbonyl (C=O) groups is 2. The van der Waals surface area contributed by atoms with Crippen molar-refractivity contribution in [3.63, 3.8) is 0 Å². The maximum Gasteiger partial charge on any atom is 0.245 e. The van der Waals surface area contributed by atoms with Crippen molar-refractivity contribution in [1.29, 1.82) is 0 Å². The fraction of sp³-hybridized carbons (Fsp3) is 0.429. The number of H-pyrrole nitrogens is 1. The van der Waals surface area contributed by atoms with Crippen LogP contribution in [0, 0.1) is 0 Å². The Balaban J connectivity index is 1.35. The highest BCUT2D eigenvalue weighted by Gasteiger charge is 2.43. The number of aromatic amines is 1. The summed E-state index contributed by atoms with van der Waals surface area (Å²) in [7, 11) is 0. The summed E-state index contributed by atoms with van der Waals surface area (Å²) < 4.78 is 0. The number of aromatic nitrogens is 1. The number of likely N-dealkylation sites (tertiary alicyclic amines) is 1. The van der Waals surface area contributed by atoms with E-state index in [2.05, 4.69) is 16.4 Å². The van der Waals surface area contributed by atoms with Crippen LogP contribution in [0.2, 0.25) is 0 Å². The van der Waals surface area contributed by atoms with E-state index in [4.69, 9.17) is 5.73 Å². The van der Waals surface area contributed by atoms with Gasteiger partial charge in [-0.15, -0.1) is 0 Å². The van der Waals surface area contributed by atoms with Gasteiger partial charge in [-0.25, -0.2) is 0 Å². The lowest BCUT2D eigenvalue weighted by molar-refractivity contribution is -0.138. The molecule has 5 N–H and O–H groups in total. The molecule has 1 aliphatic carbocycles. The van der Waals surface area contributed by atoms with Gasteiger partial charge < -0.3 is 26.0 Å². The van der Waals surface area contributed by atoms with Crippen LogP contribution in [0.3, 0.4) is 0 Å². The third-order valence-corrected chi connectivity index (χ3v) is 7.90. The minimum absolute atomic E-state index is 0.0136. The molecule has 1 aliphatic heterocycles. The monoisotopic (exact) mass is 474 g/mol. The summed E-state index contributed by atoms with van der Waals surface area (Å²) in [6.07, 6.45) is 5.89. The molecule has 0 radical (unpaired) electrons. The van der Waals surface area contributed by atoms with Crippen molar-refractivity contribution in [3.8, 4) is 5.75 Å². The molecule has 1 saturated heterocycles. The number of nitrogens with zero attached hydrogens (tertiary/aromatic N) is 1. The quantitative estimate of drug-likeness (QED) is 0.455. The number of nitrogens with one attached hydrogen (secondary N) is 2. The predicted molar refractivity (Wildman–Crippen MR) is 136 cm³/mol. The molecule has 0 saturated carbocycles. The number of para-hydroxylation sites is 1. The van der Waals surface area contributed by atoms with Crippen LogP contribution in [0.5, 0.6) is 5.75 Å². The molecule has 0 unspecified atom stereocenters. The van der Waals surface area contributed by atoms with Gasteiger partial charge in [0.15, 0.2) is 0 Å². The zero-order chi connectivity index (χ0) is 24.8. The second-order valence-electron chi connectivity index (χ2n) is 10.7. The highest BCUT2D eigenvalue weighted by Crippen LogP contribution is 2.48. The van der Waals surface area contributed by atoms with Crippen molar-refractivity contribution in [2.75, 3.05) is 13.1 Å². The van der Waals surface area contributed by atoms with Crippen LogP contribution in [0.15, 0.2) is 48.7 Å². The van der Waals surface area contributed by atoms with Crippen molar-refractivity contribution >= 4 is 22.7 Å². The number of fused-ring (bicyclic) bond motifs is 3. The van der Waals surface area contributed by atoms with Crippen LogP contribution in [0.1, 0.15) is 49.8 Å². The lowest BCUT2D eigenvalue weighted by atomic mass is 9.73. The Labute approximate surface area is 205 Å². The summed E-state index contributed by atoms with van der Waals surface area (Å²) >= 11 is 0. The largest absolute Gasteiger partial charge is 0.508 e. The standard InChI is InChI=1S/C28H34N4O3/c1-27(2,29)26(35)31-23(16-18-17-30-22-8-4-3-6-19(18)22)25(34)32-14-12-28(13-15-32)11-10-20-21(28)7-5-9-24(20)33/h3-9,17,23,30,33H,10-16,29H2,1-2H3,(H,31,35)/t23-/m1/s1. The molecule has 2 amide bonds. The van der Waals surface area contributed by atoms with E-state index in [0.717, 1.165) is 47.7 Å². The first-order chi connectivity index (χ1) is 16.7. The number of amides is 2. The first-order valence-electron chi connectivity index (χ1n) is 12.4. The first kappa shape index (κ1) is 23.4. The molecule has 3 aromatic rings. The van der Waals surface area contributed by atoms with Crippen LogP contribution < -0.4 is 11.1 Å². The van der Waals surface area contributed by atoms with E-state index in [0.29, 0.717) is 25.3 Å².